The standard InChI is InChI=1S/C15H28O5/c1-3-11(14(17)18)8-6-5-7-9-13(16)10-12(4-2)15(19)20/h11-13,16H,3-10H2,1-2H3,(H,17,18)(H,19,20). The summed E-state index contributed by atoms with van der Waals surface area (Å²) in [5, 5.41) is 27.6. The molecule has 0 aliphatic rings. The molecule has 0 aliphatic heterocycles. The molecule has 0 fully saturated rings. The van der Waals surface area contributed by atoms with E-state index in [1.54, 1.807) is 0 Å². The van der Waals surface area contributed by atoms with Crippen molar-refractivity contribution < 1.29 is 24.9 Å². The molecule has 0 rings (SSSR count). The van der Waals surface area contributed by atoms with E-state index in [0.717, 1.165) is 19.3 Å². The van der Waals surface area contributed by atoms with Gasteiger partial charge in [-0.1, -0.05) is 33.1 Å². The highest BCUT2D eigenvalue weighted by molar-refractivity contribution is 5.70. The first kappa shape index (κ1) is 18.9. The van der Waals surface area contributed by atoms with Crippen molar-refractivity contribution in [2.24, 2.45) is 11.8 Å². The van der Waals surface area contributed by atoms with Crippen LogP contribution in [-0.4, -0.2) is 33.4 Å². The van der Waals surface area contributed by atoms with Gasteiger partial charge in [-0.25, -0.2) is 0 Å². The molecule has 3 atom stereocenters. The van der Waals surface area contributed by atoms with E-state index >= 15 is 0 Å². The van der Waals surface area contributed by atoms with Gasteiger partial charge in [-0.05, 0) is 32.1 Å². The van der Waals surface area contributed by atoms with E-state index in [2.05, 4.69) is 0 Å². The Morgan fingerprint density at radius 2 is 1.35 bits per heavy atom. The SMILES string of the molecule is CCC(CCCCCC(O)CC(CC)C(=O)O)C(=O)O. The molecule has 0 saturated carbocycles. The summed E-state index contributed by atoms with van der Waals surface area (Å²) in [6, 6.07) is 0. The predicted molar refractivity (Wildman–Crippen MR) is 76.5 cm³/mol. The Hall–Kier alpha value is -1.10. The van der Waals surface area contributed by atoms with Gasteiger partial charge in [-0.3, -0.25) is 9.59 Å². The molecule has 0 radical (unpaired) electrons. The van der Waals surface area contributed by atoms with Crippen LogP contribution < -0.4 is 0 Å². The summed E-state index contributed by atoms with van der Waals surface area (Å²) in [7, 11) is 0. The van der Waals surface area contributed by atoms with E-state index in [-0.39, 0.29) is 5.92 Å². The molecular formula is C15H28O5. The summed E-state index contributed by atoms with van der Waals surface area (Å²) >= 11 is 0. The molecule has 0 spiro atoms. The normalized spacial score (nSPS) is 15.6. The number of aliphatic hydroxyl groups excluding tert-OH is 1. The Morgan fingerprint density at radius 3 is 1.80 bits per heavy atom. The highest BCUT2D eigenvalue weighted by atomic mass is 16.4. The van der Waals surface area contributed by atoms with Gasteiger partial charge in [0.2, 0.25) is 0 Å². The van der Waals surface area contributed by atoms with Crippen molar-refractivity contribution in [1.82, 2.24) is 0 Å². The first-order valence-corrected chi connectivity index (χ1v) is 7.55. The predicted octanol–water partition coefficient (Wildman–Crippen LogP) is 2.91. The molecule has 3 unspecified atom stereocenters. The highest BCUT2D eigenvalue weighted by Gasteiger charge is 2.19. The fraction of sp³-hybridized carbons (Fsp3) is 0.867. The van der Waals surface area contributed by atoms with Gasteiger partial charge < -0.3 is 15.3 Å². The smallest absolute Gasteiger partial charge is 0.306 e. The lowest BCUT2D eigenvalue weighted by molar-refractivity contribution is -0.143. The van der Waals surface area contributed by atoms with Crippen molar-refractivity contribution in [3.05, 3.63) is 0 Å². The van der Waals surface area contributed by atoms with Crippen molar-refractivity contribution >= 4 is 11.9 Å². The Kier molecular flexibility index (Phi) is 10.1. The van der Waals surface area contributed by atoms with Crippen LogP contribution in [0, 0.1) is 11.8 Å². The number of unbranched alkanes of at least 4 members (excludes halogenated alkanes) is 2. The molecule has 0 aromatic heterocycles. The molecule has 118 valence electrons. The summed E-state index contributed by atoms with van der Waals surface area (Å²) in [4.78, 5) is 21.7. The lowest BCUT2D eigenvalue weighted by Crippen LogP contribution is -2.20. The quantitative estimate of drug-likeness (QED) is 0.480. The fourth-order valence-corrected chi connectivity index (χ4v) is 2.34. The molecule has 0 aliphatic carbocycles. The molecule has 20 heavy (non-hydrogen) atoms. The first-order chi connectivity index (χ1) is 9.42. The number of hydrogen-bond donors (Lipinski definition) is 3. The van der Waals surface area contributed by atoms with Gasteiger partial charge in [0.05, 0.1) is 17.9 Å². The first-order valence-electron chi connectivity index (χ1n) is 7.55. The van der Waals surface area contributed by atoms with Crippen LogP contribution in [0.3, 0.4) is 0 Å². The van der Waals surface area contributed by atoms with Crippen molar-refractivity contribution in [3.8, 4) is 0 Å². The zero-order valence-electron chi connectivity index (χ0n) is 12.5. The summed E-state index contributed by atoms with van der Waals surface area (Å²) in [5.74, 6) is -2.32. The second kappa shape index (κ2) is 10.7. The Labute approximate surface area is 121 Å². The molecule has 0 aromatic rings. The molecule has 5 nitrogen and oxygen atoms in total. The topological polar surface area (TPSA) is 94.8 Å². The van der Waals surface area contributed by atoms with Gasteiger partial charge in [-0.2, -0.15) is 0 Å². The van der Waals surface area contributed by atoms with Crippen molar-refractivity contribution in [1.29, 1.82) is 0 Å². The minimum atomic E-state index is -0.848. The third-order valence-electron chi connectivity index (χ3n) is 3.83. The van der Waals surface area contributed by atoms with Crippen LogP contribution in [0.15, 0.2) is 0 Å². The number of rotatable bonds is 12. The van der Waals surface area contributed by atoms with Crippen LogP contribution in [0.25, 0.3) is 0 Å². The monoisotopic (exact) mass is 288 g/mol. The number of hydrogen-bond acceptors (Lipinski definition) is 3. The van der Waals surface area contributed by atoms with Gasteiger partial charge in [-0.15, -0.1) is 0 Å². The number of carboxylic acids is 2. The molecule has 0 heterocycles. The van der Waals surface area contributed by atoms with Crippen LogP contribution >= 0.6 is 0 Å². The minimum absolute atomic E-state index is 0.267. The van der Waals surface area contributed by atoms with Gasteiger partial charge in [0.15, 0.2) is 0 Å². The number of carbonyl (C=O) groups is 2. The van der Waals surface area contributed by atoms with Gasteiger partial charge in [0.1, 0.15) is 0 Å². The average molecular weight is 288 g/mol. The summed E-state index contributed by atoms with van der Waals surface area (Å²) in [6.45, 7) is 3.68. The Balaban J connectivity index is 3.74. The van der Waals surface area contributed by atoms with E-state index in [0.29, 0.717) is 32.1 Å². The summed E-state index contributed by atoms with van der Waals surface area (Å²) in [6.07, 6.45) is 4.71. The van der Waals surface area contributed by atoms with Crippen LogP contribution in [0.5, 0.6) is 0 Å². The third-order valence-corrected chi connectivity index (χ3v) is 3.83. The maximum absolute atomic E-state index is 10.8. The van der Waals surface area contributed by atoms with E-state index in [1.165, 1.54) is 0 Å². The third kappa shape index (κ3) is 8.15. The van der Waals surface area contributed by atoms with Gasteiger partial charge in [0, 0.05) is 0 Å². The Morgan fingerprint density at radius 1 is 0.850 bits per heavy atom. The van der Waals surface area contributed by atoms with Crippen LogP contribution in [0.4, 0.5) is 0 Å². The fourth-order valence-electron chi connectivity index (χ4n) is 2.34. The van der Waals surface area contributed by atoms with Crippen LogP contribution in [0.1, 0.15) is 65.2 Å². The van der Waals surface area contributed by atoms with E-state index in [1.807, 2.05) is 13.8 Å². The highest BCUT2D eigenvalue weighted by Crippen LogP contribution is 2.18. The molecule has 0 aromatic carbocycles. The second-order valence-corrected chi connectivity index (χ2v) is 5.41. The number of aliphatic hydroxyl groups is 1. The largest absolute Gasteiger partial charge is 0.481 e. The summed E-state index contributed by atoms with van der Waals surface area (Å²) < 4.78 is 0. The maximum Gasteiger partial charge on any atom is 0.306 e. The zero-order valence-corrected chi connectivity index (χ0v) is 12.5. The molecule has 3 N–H and O–H groups in total. The Bertz CT molecular complexity index is 290. The van der Waals surface area contributed by atoms with Crippen molar-refractivity contribution in [3.63, 3.8) is 0 Å². The second-order valence-electron chi connectivity index (χ2n) is 5.41. The summed E-state index contributed by atoms with van der Waals surface area (Å²) in [5.41, 5.74) is 0. The van der Waals surface area contributed by atoms with Crippen molar-refractivity contribution in [2.45, 2.75) is 71.3 Å². The zero-order chi connectivity index (χ0) is 15.5. The average Bonchev–Trinajstić information content (AvgIpc) is 2.39. The van der Waals surface area contributed by atoms with Crippen LogP contribution in [0.2, 0.25) is 0 Å². The van der Waals surface area contributed by atoms with E-state index in [4.69, 9.17) is 10.2 Å². The van der Waals surface area contributed by atoms with Crippen LogP contribution in [-0.2, 0) is 9.59 Å². The molecule has 0 bridgehead atoms. The number of aliphatic carboxylic acids is 2. The molecular weight excluding hydrogens is 260 g/mol. The molecule has 0 saturated heterocycles. The lowest BCUT2D eigenvalue weighted by atomic mass is 9.94. The maximum atomic E-state index is 10.8. The lowest BCUT2D eigenvalue weighted by Gasteiger charge is -2.15. The molecule has 0 amide bonds. The van der Waals surface area contributed by atoms with Gasteiger partial charge in [0.25, 0.3) is 0 Å². The number of carboxylic acid groups (broad SMARTS) is 2. The van der Waals surface area contributed by atoms with Crippen molar-refractivity contribution in [2.75, 3.05) is 0 Å². The van der Waals surface area contributed by atoms with Gasteiger partial charge >= 0.3 is 11.9 Å². The minimum Gasteiger partial charge on any atom is -0.481 e. The molecule has 5 heteroatoms. The van der Waals surface area contributed by atoms with E-state index in [9.17, 15) is 14.7 Å². The van der Waals surface area contributed by atoms with E-state index < -0.39 is 24.0 Å².